The van der Waals surface area contributed by atoms with Crippen molar-refractivity contribution in [1.82, 2.24) is 29.2 Å². The van der Waals surface area contributed by atoms with Gasteiger partial charge >= 0.3 is 0 Å². The number of amides is 1. The Bertz CT molecular complexity index is 565. The van der Waals surface area contributed by atoms with Crippen LogP contribution in [0, 0.1) is 0 Å². The van der Waals surface area contributed by atoms with Crippen molar-refractivity contribution in [3.63, 3.8) is 0 Å². The molecule has 0 aliphatic rings. The minimum absolute atomic E-state index is 0.00529. The third kappa shape index (κ3) is 3.66. The zero-order valence-electron chi connectivity index (χ0n) is 12.5. The summed E-state index contributed by atoms with van der Waals surface area (Å²) in [5, 5.41) is 7.94. The van der Waals surface area contributed by atoms with Crippen LogP contribution in [0.25, 0.3) is 0 Å². The molecule has 0 aliphatic heterocycles. The van der Waals surface area contributed by atoms with Gasteiger partial charge in [0.1, 0.15) is 12.4 Å². The Morgan fingerprint density at radius 1 is 1.48 bits per heavy atom. The lowest BCUT2D eigenvalue weighted by atomic mass is 10.3. The van der Waals surface area contributed by atoms with E-state index in [-0.39, 0.29) is 11.9 Å². The standard InChI is InChI=1S/C13H20N6O2/c1-11(18-5-4-14-9-18)13(20)17(2)8-12-16-15-10-19(12)6-7-21-3/h4-5,9-11H,6-8H2,1-3H3. The molecule has 0 radical (unpaired) electrons. The van der Waals surface area contributed by atoms with Crippen molar-refractivity contribution >= 4 is 5.91 Å². The molecule has 114 valence electrons. The number of carbonyl (C=O) groups excluding carboxylic acids is 1. The summed E-state index contributed by atoms with van der Waals surface area (Å²) in [6.45, 7) is 3.49. The van der Waals surface area contributed by atoms with Crippen LogP contribution in [0.1, 0.15) is 18.8 Å². The van der Waals surface area contributed by atoms with Crippen LogP contribution in [0.2, 0.25) is 0 Å². The fourth-order valence-corrected chi connectivity index (χ4v) is 2.01. The molecule has 0 aliphatic carbocycles. The van der Waals surface area contributed by atoms with Gasteiger partial charge in [-0.25, -0.2) is 4.98 Å². The van der Waals surface area contributed by atoms with Crippen LogP contribution in [-0.4, -0.2) is 55.9 Å². The molecule has 1 atom stereocenters. The maximum atomic E-state index is 12.4. The molecule has 0 aromatic carbocycles. The van der Waals surface area contributed by atoms with Crippen LogP contribution < -0.4 is 0 Å². The molecule has 21 heavy (non-hydrogen) atoms. The van der Waals surface area contributed by atoms with Gasteiger partial charge in [0.2, 0.25) is 5.91 Å². The monoisotopic (exact) mass is 292 g/mol. The van der Waals surface area contributed by atoms with Gasteiger partial charge in [0, 0.05) is 33.1 Å². The van der Waals surface area contributed by atoms with Gasteiger partial charge in [0.25, 0.3) is 0 Å². The van der Waals surface area contributed by atoms with Crippen molar-refractivity contribution in [2.45, 2.75) is 26.1 Å². The predicted octanol–water partition coefficient (Wildman–Crippen LogP) is 0.341. The van der Waals surface area contributed by atoms with Crippen molar-refractivity contribution in [2.75, 3.05) is 20.8 Å². The quantitative estimate of drug-likeness (QED) is 0.735. The summed E-state index contributed by atoms with van der Waals surface area (Å²) in [5.74, 6) is 0.732. The van der Waals surface area contributed by atoms with Crippen molar-refractivity contribution < 1.29 is 9.53 Å². The van der Waals surface area contributed by atoms with E-state index in [1.807, 2.05) is 11.5 Å². The highest BCUT2D eigenvalue weighted by atomic mass is 16.5. The van der Waals surface area contributed by atoms with Gasteiger partial charge in [-0.05, 0) is 6.92 Å². The first-order valence-electron chi connectivity index (χ1n) is 6.71. The molecule has 1 unspecified atom stereocenters. The lowest BCUT2D eigenvalue weighted by Gasteiger charge is -2.21. The third-order valence-corrected chi connectivity index (χ3v) is 3.32. The highest BCUT2D eigenvalue weighted by molar-refractivity contribution is 5.79. The van der Waals surface area contributed by atoms with E-state index in [0.29, 0.717) is 19.7 Å². The van der Waals surface area contributed by atoms with Gasteiger partial charge in [-0.15, -0.1) is 10.2 Å². The summed E-state index contributed by atoms with van der Waals surface area (Å²) < 4.78 is 8.70. The highest BCUT2D eigenvalue weighted by Gasteiger charge is 2.20. The fraction of sp³-hybridized carbons (Fsp3) is 0.538. The first-order valence-corrected chi connectivity index (χ1v) is 6.71. The van der Waals surface area contributed by atoms with E-state index in [9.17, 15) is 4.79 Å². The zero-order chi connectivity index (χ0) is 15.2. The van der Waals surface area contributed by atoms with E-state index in [4.69, 9.17) is 4.74 Å². The summed E-state index contributed by atoms with van der Waals surface area (Å²) in [6, 6.07) is -0.298. The molecule has 0 saturated heterocycles. The Labute approximate surface area is 123 Å². The molecule has 0 saturated carbocycles. The van der Waals surface area contributed by atoms with Crippen molar-refractivity contribution in [3.05, 3.63) is 30.9 Å². The Kier molecular flexibility index (Phi) is 5.04. The Balaban J connectivity index is 1.99. The molecular weight excluding hydrogens is 272 g/mol. The van der Waals surface area contributed by atoms with Crippen LogP contribution in [0.3, 0.4) is 0 Å². The molecular formula is C13H20N6O2. The maximum absolute atomic E-state index is 12.4. The number of hydrogen-bond acceptors (Lipinski definition) is 5. The summed E-state index contributed by atoms with van der Waals surface area (Å²) in [4.78, 5) is 18.0. The molecule has 2 aromatic rings. The molecule has 8 nitrogen and oxygen atoms in total. The van der Waals surface area contributed by atoms with Gasteiger partial charge in [-0.3, -0.25) is 4.79 Å². The number of carbonyl (C=O) groups is 1. The summed E-state index contributed by atoms with van der Waals surface area (Å²) >= 11 is 0. The van der Waals surface area contributed by atoms with Crippen LogP contribution in [0.5, 0.6) is 0 Å². The van der Waals surface area contributed by atoms with E-state index in [2.05, 4.69) is 15.2 Å². The second-order valence-corrected chi connectivity index (χ2v) is 4.81. The largest absolute Gasteiger partial charge is 0.383 e. The third-order valence-electron chi connectivity index (χ3n) is 3.32. The average Bonchev–Trinajstić information content (AvgIpc) is 3.15. The van der Waals surface area contributed by atoms with Gasteiger partial charge in [0.05, 0.1) is 19.5 Å². The molecule has 0 fully saturated rings. The summed E-state index contributed by atoms with van der Waals surface area (Å²) in [7, 11) is 3.40. The lowest BCUT2D eigenvalue weighted by Crippen LogP contribution is -2.33. The molecule has 2 rings (SSSR count). The van der Waals surface area contributed by atoms with Gasteiger partial charge < -0.3 is 18.8 Å². The Morgan fingerprint density at radius 3 is 2.95 bits per heavy atom. The fourth-order valence-electron chi connectivity index (χ4n) is 2.01. The zero-order valence-corrected chi connectivity index (χ0v) is 12.5. The number of aromatic nitrogens is 5. The Morgan fingerprint density at radius 2 is 2.29 bits per heavy atom. The average molecular weight is 292 g/mol. The van der Waals surface area contributed by atoms with E-state index in [1.165, 1.54) is 0 Å². The Hall–Kier alpha value is -2.22. The van der Waals surface area contributed by atoms with E-state index < -0.39 is 0 Å². The molecule has 1 amide bonds. The second kappa shape index (κ2) is 6.98. The number of methoxy groups -OCH3 is 1. The van der Waals surface area contributed by atoms with E-state index in [0.717, 1.165) is 5.82 Å². The maximum Gasteiger partial charge on any atom is 0.245 e. The SMILES string of the molecule is COCCn1cnnc1CN(C)C(=O)C(C)n1ccnc1. The number of hydrogen-bond donors (Lipinski definition) is 0. The lowest BCUT2D eigenvalue weighted by molar-refractivity contribution is -0.133. The van der Waals surface area contributed by atoms with Crippen LogP contribution in [0.15, 0.2) is 25.0 Å². The number of rotatable bonds is 7. The van der Waals surface area contributed by atoms with E-state index >= 15 is 0 Å². The minimum atomic E-state index is -0.298. The normalized spacial score (nSPS) is 12.3. The van der Waals surface area contributed by atoms with Gasteiger partial charge in [-0.1, -0.05) is 0 Å². The van der Waals surface area contributed by atoms with Crippen LogP contribution >= 0.6 is 0 Å². The summed E-state index contributed by atoms with van der Waals surface area (Å²) in [6.07, 6.45) is 6.71. The molecule has 8 heteroatoms. The van der Waals surface area contributed by atoms with Gasteiger partial charge in [-0.2, -0.15) is 0 Å². The molecule has 2 aromatic heterocycles. The van der Waals surface area contributed by atoms with Crippen molar-refractivity contribution in [3.8, 4) is 0 Å². The first kappa shape index (κ1) is 15.2. The number of ether oxygens (including phenoxy) is 1. The highest BCUT2D eigenvalue weighted by Crippen LogP contribution is 2.10. The molecule has 0 spiro atoms. The predicted molar refractivity (Wildman–Crippen MR) is 75.3 cm³/mol. The molecule has 0 N–H and O–H groups in total. The van der Waals surface area contributed by atoms with E-state index in [1.54, 1.807) is 48.7 Å². The number of nitrogens with zero attached hydrogens (tertiary/aromatic N) is 6. The van der Waals surface area contributed by atoms with Crippen LogP contribution in [-0.2, 0) is 22.6 Å². The van der Waals surface area contributed by atoms with Gasteiger partial charge in [0.15, 0.2) is 5.82 Å². The first-order chi connectivity index (χ1) is 10.1. The smallest absolute Gasteiger partial charge is 0.245 e. The second-order valence-electron chi connectivity index (χ2n) is 4.81. The number of imidazole rings is 1. The number of likely N-dealkylation sites (N-methyl/N-ethyl adjacent to an activating group) is 1. The minimum Gasteiger partial charge on any atom is -0.383 e. The molecule has 0 bridgehead atoms. The van der Waals surface area contributed by atoms with Crippen molar-refractivity contribution in [2.24, 2.45) is 0 Å². The summed E-state index contributed by atoms with van der Waals surface area (Å²) in [5.41, 5.74) is 0. The topological polar surface area (TPSA) is 78.1 Å². The molecule has 2 heterocycles. The van der Waals surface area contributed by atoms with Crippen LogP contribution in [0.4, 0.5) is 0 Å². The van der Waals surface area contributed by atoms with Crippen molar-refractivity contribution in [1.29, 1.82) is 0 Å².